The van der Waals surface area contributed by atoms with Gasteiger partial charge in [-0.05, 0) is 22.9 Å². The van der Waals surface area contributed by atoms with E-state index in [9.17, 15) is 4.79 Å². The predicted molar refractivity (Wildman–Crippen MR) is 55.6 cm³/mol. The topological polar surface area (TPSA) is 42.0 Å². The second-order valence-electron chi connectivity index (χ2n) is 2.08. The number of nitrogens with zero attached hydrogens (tertiary/aromatic N) is 1. The standard InChI is InChI=1S/C8H7BrN2OS/c1-2-3-4-10-7(12)8-11-5-6(9)13-8/h5H,4H2,1H3,(H,10,12). The van der Waals surface area contributed by atoms with Crippen molar-refractivity contribution < 1.29 is 4.79 Å². The van der Waals surface area contributed by atoms with Crippen LogP contribution in [0.25, 0.3) is 0 Å². The molecular weight excluding hydrogens is 252 g/mol. The van der Waals surface area contributed by atoms with E-state index in [0.717, 1.165) is 3.79 Å². The summed E-state index contributed by atoms with van der Waals surface area (Å²) in [7, 11) is 0. The predicted octanol–water partition coefficient (Wildman–Crippen LogP) is 1.66. The van der Waals surface area contributed by atoms with Gasteiger partial charge in [0.25, 0.3) is 5.91 Å². The molecule has 0 saturated heterocycles. The summed E-state index contributed by atoms with van der Waals surface area (Å²) in [6.07, 6.45) is 1.60. The minimum Gasteiger partial charge on any atom is -0.339 e. The molecule has 1 heterocycles. The van der Waals surface area contributed by atoms with Crippen LogP contribution in [0.3, 0.4) is 0 Å². The maximum absolute atomic E-state index is 11.3. The first-order valence-corrected chi connectivity index (χ1v) is 5.14. The van der Waals surface area contributed by atoms with Gasteiger partial charge < -0.3 is 5.32 Å². The quantitative estimate of drug-likeness (QED) is 0.821. The molecule has 0 radical (unpaired) electrons. The van der Waals surface area contributed by atoms with Gasteiger partial charge in [-0.1, -0.05) is 5.92 Å². The molecule has 1 aromatic heterocycles. The first-order valence-electron chi connectivity index (χ1n) is 3.53. The van der Waals surface area contributed by atoms with Gasteiger partial charge in [-0.3, -0.25) is 4.79 Å². The Morgan fingerprint density at radius 3 is 3.15 bits per heavy atom. The maximum atomic E-state index is 11.3. The van der Waals surface area contributed by atoms with Gasteiger partial charge in [0.05, 0.1) is 16.5 Å². The Bertz CT molecular complexity index is 364. The molecule has 68 valence electrons. The highest BCUT2D eigenvalue weighted by Crippen LogP contribution is 2.18. The number of halogens is 1. The Morgan fingerprint density at radius 2 is 2.62 bits per heavy atom. The average Bonchev–Trinajstić information content (AvgIpc) is 2.52. The summed E-state index contributed by atoms with van der Waals surface area (Å²) in [4.78, 5) is 15.2. The number of aromatic nitrogens is 1. The van der Waals surface area contributed by atoms with Crippen LogP contribution in [0.15, 0.2) is 9.98 Å². The molecule has 0 aliphatic heterocycles. The van der Waals surface area contributed by atoms with E-state index in [4.69, 9.17) is 0 Å². The summed E-state index contributed by atoms with van der Waals surface area (Å²) >= 11 is 4.53. The van der Waals surface area contributed by atoms with Gasteiger partial charge in [-0.15, -0.1) is 17.3 Å². The Labute approximate surface area is 88.7 Å². The van der Waals surface area contributed by atoms with Crippen LogP contribution in [0.1, 0.15) is 16.7 Å². The highest BCUT2D eigenvalue weighted by atomic mass is 79.9. The number of hydrogen-bond acceptors (Lipinski definition) is 3. The lowest BCUT2D eigenvalue weighted by molar-refractivity contribution is 0.0958. The SMILES string of the molecule is CC#CCNC(=O)c1ncc(Br)s1. The van der Waals surface area contributed by atoms with Crippen LogP contribution in [0, 0.1) is 11.8 Å². The molecule has 1 N–H and O–H groups in total. The van der Waals surface area contributed by atoms with E-state index in [1.54, 1.807) is 13.1 Å². The maximum Gasteiger partial charge on any atom is 0.281 e. The molecular formula is C8H7BrN2OS. The molecule has 0 aliphatic carbocycles. The Kier molecular flexibility index (Phi) is 3.93. The van der Waals surface area contributed by atoms with Crippen LogP contribution in [0.4, 0.5) is 0 Å². The van der Waals surface area contributed by atoms with Crippen molar-refractivity contribution in [3.05, 3.63) is 15.0 Å². The van der Waals surface area contributed by atoms with Gasteiger partial charge in [0.1, 0.15) is 0 Å². The van der Waals surface area contributed by atoms with Gasteiger partial charge >= 0.3 is 0 Å². The third-order valence-electron chi connectivity index (χ3n) is 1.19. The van der Waals surface area contributed by atoms with Crippen LogP contribution in [-0.4, -0.2) is 17.4 Å². The fraction of sp³-hybridized carbons (Fsp3) is 0.250. The van der Waals surface area contributed by atoms with Crippen molar-refractivity contribution in [2.24, 2.45) is 0 Å². The molecule has 0 aromatic carbocycles. The second-order valence-corrected chi connectivity index (χ2v) is 4.49. The highest BCUT2D eigenvalue weighted by Gasteiger charge is 2.08. The largest absolute Gasteiger partial charge is 0.339 e. The molecule has 1 aromatic rings. The zero-order valence-electron chi connectivity index (χ0n) is 6.93. The van der Waals surface area contributed by atoms with E-state index >= 15 is 0 Å². The third kappa shape index (κ3) is 3.17. The van der Waals surface area contributed by atoms with E-state index in [1.165, 1.54) is 11.3 Å². The number of hydrogen-bond donors (Lipinski definition) is 1. The second kappa shape index (κ2) is 5.00. The van der Waals surface area contributed by atoms with E-state index < -0.39 is 0 Å². The molecule has 0 aliphatic rings. The number of amides is 1. The van der Waals surface area contributed by atoms with Crippen molar-refractivity contribution in [1.29, 1.82) is 0 Å². The minimum atomic E-state index is -0.182. The zero-order valence-corrected chi connectivity index (χ0v) is 9.33. The van der Waals surface area contributed by atoms with Crippen molar-refractivity contribution in [2.75, 3.05) is 6.54 Å². The number of carbonyl (C=O) groups is 1. The van der Waals surface area contributed by atoms with E-state index in [2.05, 4.69) is 38.1 Å². The molecule has 0 saturated carbocycles. The van der Waals surface area contributed by atoms with Crippen LogP contribution >= 0.6 is 27.3 Å². The van der Waals surface area contributed by atoms with Gasteiger partial charge in [0.15, 0.2) is 5.01 Å². The normalized spacial score (nSPS) is 8.77. The fourth-order valence-corrected chi connectivity index (χ4v) is 1.77. The highest BCUT2D eigenvalue weighted by molar-refractivity contribution is 9.11. The third-order valence-corrected chi connectivity index (χ3v) is 2.66. The lowest BCUT2D eigenvalue weighted by Crippen LogP contribution is -2.23. The molecule has 1 rings (SSSR count). The van der Waals surface area contributed by atoms with Crippen LogP contribution in [-0.2, 0) is 0 Å². The summed E-state index contributed by atoms with van der Waals surface area (Å²) in [5, 5.41) is 3.08. The number of carbonyl (C=O) groups excluding carboxylic acids is 1. The molecule has 5 heteroatoms. The van der Waals surface area contributed by atoms with Crippen LogP contribution < -0.4 is 5.32 Å². The molecule has 0 bridgehead atoms. The lowest BCUT2D eigenvalue weighted by Gasteiger charge is -1.94. The van der Waals surface area contributed by atoms with Crippen molar-refractivity contribution in [3.8, 4) is 11.8 Å². The smallest absolute Gasteiger partial charge is 0.281 e. The van der Waals surface area contributed by atoms with Crippen molar-refractivity contribution in [2.45, 2.75) is 6.92 Å². The van der Waals surface area contributed by atoms with Crippen molar-refractivity contribution >= 4 is 33.2 Å². The van der Waals surface area contributed by atoms with Crippen molar-refractivity contribution in [1.82, 2.24) is 10.3 Å². The summed E-state index contributed by atoms with van der Waals surface area (Å²) < 4.78 is 0.847. The first-order chi connectivity index (χ1) is 6.24. The monoisotopic (exact) mass is 258 g/mol. The molecule has 3 nitrogen and oxygen atoms in total. The number of rotatable bonds is 2. The molecule has 0 fully saturated rings. The van der Waals surface area contributed by atoms with E-state index in [0.29, 0.717) is 11.6 Å². The lowest BCUT2D eigenvalue weighted by atomic mass is 10.5. The molecule has 0 atom stereocenters. The van der Waals surface area contributed by atoms with Gasteiger partial charge in [0, 0.05) is 0 Å². The van der Waals surface area contributed by atoms with E-state index in [-0.39, 0.29) is 5.91 Å². The first kappa shape index (κ1) is 10.2. The zero-order chi connectivity index (χ0) is 9.68. The van der Waals surface area contributed by atoms with E-state index in [1.807, 2.05) is 0 Å². The summed E-state index contributed by atoms with van der Waals surface area (Å²) in [5.74, 6) is 5.25. The Balaban J connectivity index is 2.52. The number of nitrogens with one attached hydrogen (secondary N) is 1. The average molecular weight is 259 g/mol. The molecule has 0 spiro atoms. The van der Waals surface area contributed by atoms with Gasteiger partial charge in [-0.25, -0.2) is 4.98 Å². The van der Waals surface area contributed by atoms with Gasteiger partial charge in [-0.2, -0.15) is 0 Å². The molecule has 13 heavy (non-hydrogen) atoms. The molecule has 0 unspecified atom stereocenters. The minimum absolute atomic E-state index is 0.182. The Hall–Kier alpha value is -0.860. The summed E-state index contributed by atoms with van der Waals surface area (Å²) in [5.41, 5.74) is 0. The summed E-state index contributed by atoms with van der Waals surface area (Å²) in [6.45, 7) is 2.10. The van der Waals surface area contributed by atoms with Crippen LogP contribution in [0.5, 0.6) is 0 Å². The van der Waals surface area contributed by atoms with Crippen LogP contribution in [0.2, 0.25) is 0 Å². The summed E-state index contributed by atoms with van der Waals surface area (Å²) in [6, 6.07) is 0. The fourth-order valence-electron chi connectivity index (χ4n) is 0.648. The number of thiazole rings is 1. The van der Waals surface area contributed by atoms with Gasteiger partial charge in [0.2, 0.25) is 0 Å². The van der Waals surface area contributed by atoms with Crippen molar-refractivity contribution in [3.63, 3.8) is 0 Å². The Morgan fingerprint density at radius 1 is 1.85 bits per heavy atom. The molecule has 1 amide bonds.